The molecule has 0 aliphatic carbocycles. The minimum Gasteiger partial charge on any atom is -0.476 e. The first-order valence-corrected chi connectivity index (χ1v) is 6.46. The summed E-state index contributed by atoms with van der Waals surface area (Å²) in [6, 6.07) is 0. The second-order valence-electron chi connectivity index (χ2n) is 5.13. The molecule has 20 heavy (non-hydrogen) atoms. The van der Waals surface area contributed by atoms with E-state index in [1.54, 1.807) is 4.68 Å². The SMILES string of the molecule is Cc1nn(-c2cnc(C(C)C)nc2C(=O)O)c(C)c1C. The van der Waals surface area contributed by atoms with E-state index in [4.69, 9.17) is 0 Å². The molecule has 0 aromatic carbocycles. The van der Waals surface area contributed by atoms with Crippen LogP contribution in [0.3, 0.4) is 0 Å². The third-order valence-electron chi connectivity index (χ3n) is 3.39. The van der Waals surface area contributed by atoms with E-state index in [0.29, 0.717) is 11.5 Å². The average Bonchev–Trinajstić information content (AvgIpc) is 2.65. The third-order valence-corrected chi connectivity index (χ3v) is 3.39. The summed E-state index contributed by atoms with van der Waals surface area (Å²) in [6.45, 7) is 9.60. The summed E-state index contributed by atoms with van der Waals surface area (Å²) in [7, 11) is 0. The van der Waals surface area contributed by atoms with Crippen LogP contribution in [0.15, 0.2) is 6.20 Å². The van der Waals surface area contributed by atoms with Crippen LogP contribution in [0.4, 0.5) is 0 Å². The fourth-order valence-electron chi connectivity index (χ4n) is 1.93. The molecule has 0 saturated heterocycles. The Morgan fingerprint density at radius 1 is 1.30 bits per heavy atom. The zero-order valence-corrected chi connectivity index (χ0v) is 12.3. The lowest BCUT2D eigenvalue weighted by molar-refractivity contribution is 0.0689. The van der Waals surface area contributed by atoms with Crippen LogP contribution >= 0.6 is 0 Å². The summed E-state index contributed by atoms with van der Waals surface area (Å²) in [6.07, 6.45) is 1.53. The van der Waals surface area contributed by atoms with Gasteiger partial charge in [0.15, 0.2) is 5.69 Å². The van der Waals surface area contributed by atoms with Crippen molar-refractivity contribution >= 4 is 5.97 Å². The molecule has 0 amide bonds. The number of carbonyl (C=O) groups is 1. The highest BCUT2D eigenvalue weighted by Gasteiger charge is 2.20. The molecule has 2 aromatic rings. The Morgan fingerprint density at radius 3 is 2.40 bits per heavy atom. The first-order chi connectivity index (χ1) is 9.32. The zero-order chi connectivity index (χ0) is 15.0. The molecule has 2 aromatic heterocycles. The van der Waals surface area contributed by atoms with Gasteiger partial charge in [0.25, 0.3) is 0 Å². The van der Waals surface area contributed by atoms with Gasteiger partial charge >= 0.3 is 5.97 Å². The Balaban J connectivity index is 2.67. The number of carboxylic acids is 1. The summed E-state index contributed by atoms with van der Waals surface area (Å²) in [5.41, 5.74) is 3.18. The highest BCUT2D eigenvalue weighted by atomic mass is 16.4. The predicted molar refractivity (Wildman–Crippen MR) is 74.4 cm³/mol. The largest absolute Gasteiger partial charge is 0.476 e. The first-order valence-electron chi connectivity index (χ1n) is 6.46. The molecule has 0 fully saturated rings. The Morgan fingerprint density at radius 2 is 1.95 bits per heavy atom. The number of nitrogens with zero attached hydrogens (tertiary/aromatic N) is 4. The van der Waals surface area contributed by atoms with Crippen LogP contribution in [0.25, 0.3) is 5.69 Å². The third kappa shape index (κ3) is 2.29. The van der Waals surface area contributed by atoms with Crippen molar-refractivity contribution in [2.24, 2.45) is 0 Å². The van der Waals surface area contributed by atoms with E-state index < -0.39 is 5.97 Å². The molecule has 0 aliphatic rings. The van der Waals surface area contributed by atoms with E-state index in [1.807, 2.05) is 34.6 Å². The maximum Gasteiger partial charge on any atom is 0.356 e. The Labute approximate surface area is 117 Å². The molecule has 0 bridgehead atoms. The maximum absolute atomic E-state index is 11.4. The summed E-state index contributed by atoms with van der Waals surface area (Å²) in [5.74, 6) is -0.483. The summed E-state index contributed by atoms with van der Waals surface area (Å²) in [5, 5.41) is 13.7. The second kappa shape index (κ2) is 5.03. The van der Waals surface area contributed by atoms with Crippen LogP contribution in [-0.4, -0.2) is 30.8 Å². The first kappa shape index (κ1) is 14.2. The molecule has 0 aliphatic heterocycles. The molecule has 2 heterocycles. The van der Waals surface area contributed by atoms with Crippen molar-refractivity contribution in [1.82, 2.24) is 19.7 Å². The van der Waals surface area contributed by atoms with Crippen molar-refractivity contribution in [2.45, 2.75) is 40.5 Å². The molecule has 106 valence electrons. The Hall–Kier alpha value is -2.24. The van der Waals surface area contributed by atoms with Crippen molar-refractivity contribution in [3.63, 3.8) is 0 Å². The van der Waals surface area contributed by atoms with Gasteiger partial charge in [-0.2, -0.15) is 5.10 Å². The molecule has 0 saturated carbocycles. The monoisotopic (exact) mass is 274 g/mol. The van der Waals surface area contributed by atoms with Crippen LogP contribution in [-0.2, 0) is 0 Å². The molecule has 1 N–H and O–H groups in total. The maximum atomic E-state index is 11.4. The van der Waals surface area contributed by atoms with E-state index in [1.165, 1.54) is 6.20 Å². The molecule has 6 heteroatoms. The fraction of sp³-hybridized carbons (Fsp3) is 0.429. The fourth-order valence-corrected chi connectivity index (χ4v) is 1.93. The van der Waals surface area contributed by atoms with E-state index in [2.05, 4.69) is 15.1 Å². The number of hydrogen-bond donors (Lipinski definition) is 1. The van der Waals surface area contributed by atoms with Crippen molar-refractivity contribution in [1.29, 1.82) is 0 Å². The number of hydrogen-bond acceptors (Lipinski definition) is 4. The minimum absolute atomic E-state index is 0.0192. The Kier molecular flexibility index (Phi) is 3.57. The number of aryl methyl sites for hydroxylation is 1. The van der Waals surface area contributed by atoms with Crippen molar-refractivity contribution in [2.75, 3.05) is 0 Å². The normalized spacial score (nSPS) is 11.1. The van der Waals surface area contributed by atoms with Gasteiger partial charge in [0.05, 0.1) is 11.9 Å². The van der Waals surface area contributed by atoms with Crippen LogP contribution in [0.1, 0.15) is 53.0 Å². The van der Waals surface area contributed by atoms with Gasteiger partial charge in [0.2, 0.25) is 0 Å². The average molecular weight is 274 g/mol. The van der Waals surface area contributed by atoms with Crippen LogP contribution in [0.2, 0.25) is 0 Å². The number of rotatable bonds is 3. The molecule has 0 atom stereocenters. The quantitative estimate of drug-likeness (QED) is 0.929. The van der Waals surface area contributed by atoms with E-state index >= 15 is 0 Å². The summed E-state index contributed by atoms with van der Waals surface area (Å²) in [4.78, 5) is 19.8. The molecule has 0 spiro atoms. The molecular formula is C14H18N4O2. The van der Waals surface area contributed by atoms with E-state index in [-0.39, 0.29) is 11.6 Å². The number of aromatic nitrogens is 4. The topological polar surface area (TPSA) is 80.9 Å². The summed E-state index contributed by atoms with van der Waals surface area (Å²) < 4.78 is 1.60. The molecule has 6 nitrogen and oxygen atoms in total. The van der Waals surface area contributed by atoms with Gasteiger partial charge in [-0.25, -0.2) is 19.4 Å². The lowest BCUT2D eigenvalue weighted by Gasteiger charge is -2.10. The number of aromatic carboxylic acids is 1. The van der Waals surface area contributed by atoms with Gasteiger partial charge in [0.1, 0.15) is 11.5 Å². The Bertz CT molecular complexity index is 674. The van der Waals surface area contributed by atoms with Gasteiger partial charge < -0.3 is 5.11 Å². The lowest BCUT2D eigenvalue weighted by atomic mass is 10.2. The summed E-state index contributed by atoms with van der Waals surface area (Å²) >= 11 is 0. The van der Waals surface area contributed by atoms with E-state index in [9.17, 15) is 9.90 Å². The van der Waals surface area contributed by atoms with Crippen LogP contribution in [0, 0.1) is 20.8 Å². The van der Waals surface area contributed by atoms with Gasteiger partial charge in [-0.15, -0.1) is 0 Å². The highest BCUT2D eigenvalue weighted by molar-refractivity contribution is 5.89. The molecule has 0 unspecified atom stereocenters. The van der Waals surface area contributed by atoms with E-state index in [0.717, 1.165) is 17.0 Å². The zero-order valence-electron chi connectivity index (χ0n) is 12.3. The highest BCUT2D eigenvalue weighted by Crippen LogP contribution is 2.20. The van der Waals surface area contributed by atoms with Gasteiger partial charge in [-0.1, -0.05) is 13.8 Å². The second-order valence-corrected chi connectivity index (χ2v) is 5.13. The van der Waals surface area contributed by atoms with Crippen LogP contribution in [0.5, 0.6) is 0 Å². The lowest BCUT2D eigenvalue weighted by Crippen LogP contribution is -2.14. The number of carboxylic acid groups (broad SMARTS) is 1. The molecule has 2 rings (SSSR count). The van der Waals surface area contributed by atoms with Gasteiger partial charge in [0, 0.05) is 11.6 Å². The standard InChI is InChI=1S/C14H18N4O2/c1-7(2)13-15-6-11(12(16-13)14(19)20)18-10(5)8(3)9(4)17-18/h6-7H,1-5H3,(H,19,20). The van der Waals surface area contributed by atoms with Crippen LogP contribution < -0.4 is 0 Å². The predicted octanol–water partition coefficient (Wildman–Crippen LogP) is 2.41. The van der Waals surface area contributed by atoms with Gasteiger partial charge in [-0.3, -0.25) is 0 Å². The van der Waals surface area contributed by atoms with Crippen molar-refractivity contribution < 1.29 is 9.90 Å². The minimum atomic E-state index is -1.07. The molecular weight excluding hydrogens is 256 g/mol. The van der Waals surface area contributed by atoms with Crippen molar-refractivity contribution in [3.8, 4) is 5.69 Å². The smallest absolute Gasteiger partial charge is 0.356 e. The van der Waals surface area contributed by atoms with Crippen molar-refractivity contribution in [3.05, 3.63) is 34.7 Å². The van der Waals surface area contributed by atoms with Gasteiger partial charge in [-0.05, 0) is 26.3 Å². The molecule has 0 radical (unpaired) electrons.